The minimum absolute atomic E-state index is 0. The van der Waals surface area contributed by atoms with Crippen molar-refractivity contribution in [2.45, 2.75) is 13.0 Å². The molecule has 0 aliphatic carbocycles. The molecular formula is C21H27ClN6O2. The second-order valence-corrected chi connectivity index (χ2v) is 7.16. The summed E-state index contributed by atoms with van der Waals surface area (Å²) in [5, 5.41) is 11.5. The normalized spacial score (nSPS) is 14.8. The molecular weight excluding hydrogens is 404 g/mol. The van der Waals surface area contributed by atoms with E-state index in [1.807, 2.05) is 52.2 Å². The fraction of sp³-hybridized carbons (Fsp3) is 0.381. The van der Waals surface area contributed by atoms with Crippen molar-refractivity contribution < 1.29 is 9.53 Å². The molecule has 30 heavy (non-hydrogen) atoms. The van der Waals surface area contributed by atoms with Gasteiger partial charge in [0, 0.05) is 44.1 Å². The second kappa shape index (κ2) is 10.3. The molecule has 0 spiro atoms. The van der Waals surface area contributed by atoms with Gasteiger partial charge in [-0.1, -0.05) is 12.1 Å². The van der Waals surface area contributed by atoms with Crippen LogP contribution in [-0.4, -0.2) is 75.5 Å². The van der Waals surface area contributed by atoms with Gasteiger partial charge in [0.15, 0.2) is 0 Å². The molecule has 1 saturated heterocycles. The summed E-state index contributed by atoms with van der Waals surface area (Å²) in [6.07, 6.45) is 4.74. The van der Waals surface area contributed by atoms with Gasteiger partial charge in [0.1, 0.15) is 11.4 Å². The van der Waals surface area contributed by atoms with Crippen LogP contribution in [0.3, 0.4) is 0 Å². The third kappa shape index (κ3) is 5.20. The lowest BCUT2D eigenvalue weighted by Crippen LogP contribution is -2.36. The summed E-state index contributed by atoms with van der Waals surface area (Å²) in [4.78, 5) is 17.3. The van der Waals surface area contributed by atoms with E-state index in [0.29, 0.717) is 12.2 Å². The number of rotatable bonds is 6. The van der Waals surface area contributed by atoms with Gasteiger partial charge in [-0.3, -0.25) is 19.5 Å². The molecule has 0 radical (unpaired) electrons. The molecule has 8 nitrogen and oxygen atoms in total. The van der Waals surface area contributed by atoms with Crippen molar-refractivity contribution in [2.75, 3.05) is 39.8 Å². The van der Waals surface area contributed by atoms with Crippen molar-refractivity contribution in [1.29, 1.82) is 0 Å². The zero-order valence-electron chi connectivity index (χ0n) is 17.0. The van der Waals surface area contributed by atoms with E-state index in [0.717, 1.165) is 56.2 Å². The third-order valence-corrected chi connectivity index (χ3v) is 5.25. The minimum Gasteiger partial charge on any atom is -0.497 e. The fourth-order valence-electron chi connectivity index (χ4n) is 3.61. The molecule has 2 aromatic heterocycles. The van der Waals surface area contributed by atoms with Gasteiger partial charge in [-0.15, -0.1) is 12.4 Å². The second-order valence-electron chi connectivity index (χ2n) is 7.16. The summed E-state index contributed by atoms with van der Waals surface area (Å²) in [6, 6.07) is 11.4. The molecule has 0 saturated carbocycles. The summed E-state index contributed by atoms with van der Waals surface area (Å²) in [5.74, 6) is 0.765. The molecule has 0 atom stereocenters. The smallest absolute Gasteiger partial charge is 0.271 e. The van der Waals surface area contributed by atoms with E-state index in [2.05, 4.69) is 20.2 Å². The molecule has 0 unspecified atom stereocenters. The van der Waals surface area contributed by atoms with Crippen molar-refractivity contribution in [3.63, 3.8) is 0 Å². The molecule has 3 aromatic rings. The van der Waals surface area contributed by atoms with E-state index in [9.17, 15) is 4.79 Å². The third-order valence-electron chi connectivity index (χ3n) is 5.25. The van der Waals surface area contributed by atoms with Crippen molar-refractivity contribution in [1.82, 2.24) is 29.8 Å². The van der Waals surface area contributed by atoms with Crippen molar-refractivity contribution >= 4 is 18.3 Å². The lowest BCUT2D eigenvalue weighted by molar-refractivity contribution is 0.0755. The summed E-state index contributed by atoms with van der Waals surface area (Å²) in [5.41, 5.74) is 2.18. The number of nitrogens with one attached hydrogen (secondary N) is 1. The molecule has 1 aromatic carbocycles. The molecule has 9 heteroatoms. The van der Waals surface area contributed by atoms with Crippen molar-refractivity contribution in [2.24, 2.45) is 0 Å². The fourth-order valence-corrected chi connectivity index (χ4v) is 3.61. The zero-order valence-corrected chi connectivity index (χ0v) is 17.8. The van der Waals surface area contributed by atoms with Crippen LogP contribution >= 0.6 is 12.4 Å². The van der Waals surface area contributed by atoms with E-state index in [4.69, 9.17) is 4.74 Å². The number of aromatic nitrogens is 4. The number of H-pyrrole nitrogens is 1. The van der Waals surface area contributed by atoms with E-state index < -0.39 is 0 Å². The Bertz CT molecular complexity index is 943. The van der Waals surface area contributed by atoms with Crippen LogP contribution in [0, 0.1) is 0 Å². The lowest BCUT2D eigenvalue weighted by Gasteiger charge is -2.21. The predicted octanol–water partition coefficient (Wildman–Crippen LogP) is 2.55. The van der Waals surface area contributed by atoms with E-state index in [1.54, 1.807) is 13.3 Å². The standard InChI is InChI=1S/C21H26N6O2.ClH/c1-29-18-6-2-5-17(15-18)19-16-20(24-23-19)21(28)26-9-4-8-25(11-13-26)12-14-27-10-3-7-22-27;/h2-3,5-7,10,15-16H,4,8-9,11-14H2,1H3,(H,23,24);1H. The van der Waals surface area contributed by atoms with Crippen molar-refractivity contribution in [3.8, 4) is 17.0 Å². The van der Waals surface area contributed by atoms with Crippen LogP contribution in [0.5, 0.6) is 5.75 Å². The number of halogens is 1. The number of carbonyl (C=O) groups excluding carboxylic acids is 1. The molecule has 1 amide bonds. The maximum absolute atomic E-state index is 13.0. The molecule has 3 heterocycles. The van der Waals surface area contributed by atoms with Crippen LogP contribution in [-0.2, 0) is 6.54 Å². The Hall–Kier alpha value is -2.84. The number of ether oxygens (including phenoxy) is 1. The van der Waals surface area contributed by atoms with Gasteiger partial charge >= 0.3 is 0 Å². The number of benzene rings is 1. The SMILES string of the molecule is COc1cccc(-c2cc(C(=O)N3CCCN(CCn4cccn4)CC3)[nH]n2)c1.Cl. The van der Waals surface area contributed by atoms with E-state index in [1.165, 1.54) is 0 Å². The van der Waals surface area contributed by atoms with Gasteiger partial charge in [0.25, 0.3) is 5.91 Å². The zero-order chi connectivity index (χ0) is 20.1. The number of aromatic amines is 1. The van der Waals surface area contributed by atoms with E-state index >= 15 is 0 Å². The molecule has 160 valence electrons. The first-order valence-corrected chi connectivity index (χ1v) is 9.92. The largest absolute Gasteiger partial charge is 0.497 e. The summed E-state index contributed by atoms with van der Waals surface area (Å²) in [6.45, 7) is 5.13. The maximum atomic E-state index is 13.0. The quantitative estimate of drug-likeness (QED) is 0.650. The van der Waals surface area contributed by atoms with Gasteiger partial charge in [-0.25, -0.2) is 0 Å². The first-order valence-electron chi connectivity index (χ1n) is 9.92. The highest BCUT2D eigenvalue weighted by Gasteiger charge is 2.22. The highest BCUT2D eigenvalue weighted by Crippen LogP contribution is 2.23. The van der Waals surface area contributed by atoms with E-state index in [-0.39, 0.29) is 18.3 Å². The number of hydrogen-bond acceptors (Lipinski definition) is 5. The molecule has 4 rings (SSSR count). The van der Waals surface area contributed by atoms with Crippen LogP contribution in [0.25, 0.3) is 11.3 Å². The van der Waals surface area contributed by atoms with Crippen LogP contribution in [0.1, 0.15) is 16.9 Å². The molecule has 1 N–H and O–H groups in total. The number of amides is 1. The highest BCUT2D eigenvalue weighted by atomic mass is 35.5. The van der Waals surface area contributed by atoms with Gasteiger partial charge in [-0.2, -0.15) is 10.2 Å². The summed E-state index contributed by atoms with van der Waals surface area (Å²) in [7, 11) is 1.64. The Morgan fingerprint density at radius 2 is 2.03 bits per heavy atom. The van der Waals surface area contributed by atoms with Crippen LogP contribution in [0.4, 0.5) is 0 Å². The first kappa shape index (κ1) is 21.9. The van der Waals surface area contributed by atoms with Crippen LogP contribution in [0.15, 0.2) is 48.8 Å². The Kier molecular flexibility index (Phi) is 7.48. The average molecular weight is 431 g/mol. The topological polar surface area (TPSA) is 79.3 Å². The predicted molar refractivity (Wildman–Crippen MR) is 117 cm³/mol. The Balaban J connectivity index is 0.00000256. The lowest BCUT2D eigenvalue weighted by atomic mass is 10.1. The minimum atomic E-state index is 0. The molecule has 1 fully saturated rings. The van der Waals surface area contributed by atoms with Crippen molar-refractivity contribution in [3.05, 3.63) is 54.5 Å². The Labute approximate surface area is 182 Å². The molecule has 1 aliphatic rings. The Morgan fingerprint density at radius 1 is 1.13 bits per heavy atom. The monoisotopic (exact) mass is 430 g/mol. The molecule has 0 bridgehead atoms. The van der Waals surface area contributed by atoms with Crippen LogP contribution in [0.2, 0.25) is 0 Å². The van der Waals surface area contributed by atoms with Gasteiger partial charge in [-0.05, 0) is 37.2 Å². The number of hydrogen-bond donors (Lipinski definition) is 1. The Morgan fingerprint density at radius 3 is 2.83 bits per heavy atom. The summed E-state index contributed by atoms with van der Waals surface area (Å²) < 4.78 is 7.21. The van der Waals surface area contributed by atoms with Gasteiger partial charge in [0.2, 0.25) is 0 Å². The average Bonchev–Trinajstić information content (AvgIpc) is 3.40. The summed E-state index contributed by atoms with van der Waals surface area (Å²) >= 11 is 0. The highest BCUT2D eigenvalue weighted by molar-refractivity contribution is 5.93. The number of carbonyl (C=O) groups is 1. The molecule has 1 aliphatic heterocycles. The number of methoxy groups -OCH3 is 1. The number of nitrogens with zero attached hydrogens (tertiary/aromatic N) is 5. The van der Waals surface area contributed by atoms with Gasteiger partial charge in [0.05, 0.1) is 19.3 Å². The van der Waals surface area contributed by atoms with Crippen LogP contribution < -0.4 is 4.74 Å². The maximum Gasteiger partial charge on any atom is 0.271 e. The van der Waals surface area contributed by atoms with Gasteiger partial charge < -0.3 is 9.64 Å². The first-order chi connectivity index (χ1) is 14.2.